The summed E-state index contributed by atoms with van der Waals surface area (Å²) in [5.41, 5.74) is 5.88. The van der Waals surface area contributed by atoms with Crippen LogP contribution in [0.5, 0.6) is 0 Å². The first kappa shape index (κ1) is 30.5. The number of carbonyl (C=O) groups is 1. The number of aromatic amines is 1. The van der Waals surface area contributed by atoms with Crippen molar-refractivity contribution in [3.63, 3.8) is 0 Å². The van der Waals surface area contributed by atoms with Gasteiger partial charge in [0.2, 0.25) is 0 Å². The van der Waals surface area contributed by atoms with Gasteiger partial charge in [-0.1, -0.05) is 46.0 Å². The van der Waals surface area contributed by atoms with E-state index in [1.54, 1.807) is 16.8 Å². The van der Waals surface area contributed by atoms with Crippen LogP contribution in [0.15, 0.2) is 42.6 Å². The van der Waals surface area contributed by atoms with Crippen molar-refractivity contribution in [3.8, 4) is 5.82 Å². The van der Waals surface area contributed by atoms with E-state index in [2.05, 4.69) is 62.1 Å². The lowest BCUT2D eigenvalue weighted by Crippen LogP contribution is -2.40. The Bertz CT molecular complexity index is 1370. The van der Waals surface area contributed by atoms with Gasteiger partial charge < -0.3 is 31.0 Å². The van der Waals surface area contributed by atoms with E-state index < -0.39 is 5.91 Å². The quantitative estimate of drug-likeness (QED) is 0.160. The molecule has 3 aromatic heterocycles. The van der Waals surface area contributed by atoms with E-state index in [9.17, 15) is 4.79 Å². The van der Waals surface area contributed by atoms with Crippen molar-refractivity contribution >= 4 is 35.6 Å². The Morgan fingerprint density at radius 1 is 1.17 bits per heavy atom. The molecule has 1 aliphatic rings. The largest absolute Gasteiger partial charge is 0.374 e. The molecule has 11 heteroatoms. The SMILES string of the molecule is CC(C)C(CNc1ccn(-c2ccc(C(N)=O)c(N3CC(OCCNc4cccc(=S)[nH]4)CC3(C)C)n2)n1)C(C)C. The highest BCUT2D eigenvalue weighted by Crippen LogP contribution is 2.36. The van der Waals surface area contributed by atoms with Gasteiger partial charge in [-0.2, -0.15) is 0 Å². The summed E-state index contributed by atoms with van der Waals surface area (Å²) >= 11 is 5.18. The van der Waals surface area contributed by atoms with Gasteiger partial charge in [0.05, 0.1) is 18.3 Å². The van der Waals surface area contributed by atoms with E-state index in [-0.39, 0.29) is 11.6 Å². The highest BCUT2D eigenvalue weighted by Gasteiger charge is 2.41. The Morgan fingerprint density at radius 3 is 2.61 bits per heavy atom. The first-order valence-corrected chi connectivity index (χ1v) is 14.8. The molecule has 3 aromatic rings. The normalized spacial score (nSPS) is 16.6. The van der Waals surface area contributed by atoms with Crippen LogP contribution in [0.4, 0.5) is 17.5 Å². The smallest absolute Gasteiger partial charge is 0.252 e. The van der Waals surface area contributed by atoms with Crippen LogP contribution in [0.2, 0.25) is 0 Å². The summed E-state index contributed by atoms with van der Waals surface area (Å²) in [6.07, 6.45) is 2.64. The standard InChI is InChI=1S/C30H44N8O2S/c1-19(2)23(20(3)4)17-33-25-12-14-38(36-25)26-11-10-22(28(31)39)29(35-26)37-18-21(16-30(37,5)6)40-15-13-32-24-8-7-9-27(41)34-24/h7-12,14,19-21,23H,13,15-18H2,1-6H3,(H2,31,39)(H,33,36)(H2,32,34,41). The molecule has 10 nitrogen and oxygen atoms in total. The molecule has 1 saturated heterocycles. The Kier molecular flexibility index (Phi) is 9.70. The number of carbonyl (C=O) groups excluding carboxylic acids is 1. The molecule has 0 saturated carbocycles. The fourth-order valence-electron chi connectivity index (χ4n) is 5.60. The molecule has 0 spiro atoms. The number of nitrogens with two attached hydrogens (primary N) is 1. The summed E-state index contributed by atoms with van der Waals surface area (Å²) < 4.78 is 8.63. The van der Waals surface area contributed by atoms with Crippen LogP contribution >= 0.6 is 12.2 Å². The summed E-state index contributed by atoms with van der Waals surface area (Å²) in [6, 6.07) is 11.2. The van der Waals surface area contributed by atoms with Crippen molar-refractivity contribution in [1.82, 2.24) is 19.7 Å². The summed E-state index contributed by atoms with van der Waals surface area (Å²) in [4.78, 5) is 22.6. The minimum Gasteiger partial charge on any atom is -0.374 e. The maximum Gasteiger partial charge on any atom is 0.252 e. The summed E-state index contributed by atoms with van der Waals surface area (Å²) in [5.74, 6) is 3.99. The van der Waals surface area contributed by atoms with Crippen molar-refractivity contribution in [2.45, 2.75) is 59.6 Å². The molecule has 1 amide bonds. The molecule has 4 rings (SSSR count). The Hall–Kier alpha value is -3.44. The van der Waals surface area contributed by atoms with Gasteiger partial charge in [0.15, 0.2) is 5.82 Å². The van der Waals surface area contributed by atoms with Crippen LogP contribution in [0, 0.1) is 22.4 Å². The zero-order valence-corrected chi connectivity index (χ0v) is 25.8. The van der Waals surface area contributed by atoms with E-state index in [0.717, 1.165) is 24.6 Å². The fraction of sp³-hybridized carbons (Fsp3) is 0.533. The van der Waals surface area contributed by atoms with Gasteiger partial charge in [-0.25, -0.2) is 9.67 Å². The highest BCUT2D eigenvalue weighted by molar-refractivity contribution is 7.71. The number of H-pyrrole nitrogens is 1. The second-order valence-electron chi connectivity index (χ2n) is 12.1. The molecule has 222 valence electrons. The number of aromatic nitrogens is 4. The molecule has 1 aliphatic heterocycles. The number of nitrogens with one attached hydrogen (secondary N) is 3. The minimum absolute atomic E-state index is 0.0254. The van der Waals surface area contributed by atoms with Gasteiger partial charge in [-0.05, 0) is 62.3 Å². The van der Waals surface area contributed by atoms with Crippen LogP contribution in [-0.2, 0) is 4.74 Å². The molecular formula is C30H44N8O2S. The van der Waals surface area contributed by atoms with Crippen LogP contribution in [-0.4, -0.2) is 63.5 Å². The molecule has 0 bridgehead atoms. The van der Waals surface area contributed by atoms with Crippen molar-refractivity contribution < 1.29 is 9.53 Å². The maximum atomic E-state index is 12.4. The van der Waals surface area contributed by atoms with Crippen molar-refractivity contribution in [2.24, 2.45) is 23.5 Å². The predicted octanol–water partition coefficient (Wildman–Crippen LogP) is 5.25. The fourth-order valence-corrected chi connectivity index (χ4v) is 5.79. The van der Waals surface area contributed by atoms with E-state index >= 15 is 0 Å². The lowest BCUT2D eigenvalue weighted by atomic mass is 9.85. The second kappa shape index (κ2) is 13.0. The predicted molar refractivity (Wildman–Crippen MR) is 167 cm³/mol. The summed E-state index contributed by atoms with van der Waals surface area (Å²) in [6.45, 7) is 15.9. The monoisotopic (exact) mass is 580 g/mol. The van der Waals surface area contributed by atoms with Crippen LogP contribution < -0.4 is 21.3 Å². The third kappa shape index (κ3) is 7.65. The number of anilines is 3. The number of amides is 1. The average Bonchev–Trinajstić information content (AvgIpc) is 3.49. The average molecular weight is 581 g/mol. The minimum atomic E-state index is -0.514. The number of hydrogen-bond donors (Lipinski definition) is 4. The molecule has 1 unspecified atom stereocenters. The Labute approximate surface area is 248 Å². The number of hydrogen-bond acceptors (Lipinski definition) is 8. The first-order chi connectivity index (χ1) is 19.4. The maximum absolute atomic E-state index is 12.4. The molecule has 1 fully saturated rings. The second-order valence-corrected chi connectivity index (χ2v) is 12.5. The molecule has 0 aromatic carbocycles. The number of primary amides is 1. The topological polar surface area (TPSA) is 126 Å². The van der Waals surface area contributed by atoms with Crippen LogP contribution in [0.1, 0.15) is 58.3 Å². The van der Waals surface area contributed by atoms with Crippen molar-refractivity contribution in [2.75, 3.05) is 41.8 Å². The Balaban J connectivity index is 1.46. The summed E-state index contributed by atoms with van der Waals surface area (Å²) in [5, 5.41) is 11.5. The van der Waals surface area contributed by atoms with Crippen LogP contribution in [0.25, 0.3) is 5.82 Å². The number of ether oxygens (including phenoxy) is 1. The number of rotatable bonds is 13. The number of pyridine rings is 2. The van der Waals surface area contributed by atoms with Gasteiger partial charge in [0.1, 0.15) is 22.1 Å². The van der Waals surface area contributed by atoms with Crippen molar-refractivity contribution in [3.05, 3.63) is 52.8 Å². The first-order valence-electron chi connectivity index (χ1n) is 14.4. The molecule has 0 aliphatic carbocycles. The zero-order valence-electron chi connectivity index (χ0n) is 25.0. The summed E-state index contributed by atoms with van der Waals surface area (Å²) in [7, 11) is 0. The van der Waals surface area contributed by atoms with Gasteiger partial charge >= 0.3 is 0 Å². The van der Waals surface area contributed by atoms with E-state index in [1.165, 1.54) is 0 Å². The third-order valence-corrected chi connectivity index (χ3v) is 8.06. The Morgan fingerprint density at radius 2 is 1.93 bits per heavy atom. The van der Waals surface area contributed by atoms with Gasteiger partial charge in [-0.3, -0.25) is 4.79 Å². The molecule has 1 atom stereocenters. The van der Waals surface area contributed by atoms with Crippen molar-refractivity contribution in [1.29, 1.82) is 0 Å². The van der Waals surface area contributed by atoms with E-state index in [4.69, 9.17) is 32.8 Å². The van der Waals surface area contributed by atoms with Gasteiger partial charge in [0, 0.05) is 37.4 Å². The molecule has 41 heavy (non-hydrogen) atoms. The lowest BCUT2D eigenvalue weighted by molar-refractivity contribution is 0.0710. The number of nitrogens with zero attached hydrogens (tertiary/aromatic N) is 4. The van der Waals surface area contributed by atoms with Crippen LogP contribution in [0.3, 0.4) is 0 Å². The van der Waals surface area contributed by atoms with Gasteiger partial charge in [-0.15, -0.1) is 5.10 Å². The molecule has 0 radical (unpaired) electrons. The highest BCUT2D eigenvalue weighted by atomic mass is 32.1. The third-order valence-electron chi connectivity index (χ3n) is 7.82. The lowest BCUT2D eigenvalue weighted by Gasteiger charge is -2.33. The van der Waals surface area contributed by atoms with Gasteiger partial charge in [0.25, 0.3) is 5.91 Å². The molecular weight excluding hydrogens is 536 g/mol. The van der Waals surface area contributed by atoms with E-state index in [0.29, 0.717) is 59.3 Å². The molecule has 4 heterocycles. The molecule has 5 N–H and O–H groups in total. The van der Waals surface area contributed by atoms with E-state index in [1.807, 2.05) is 30.5 Å². The zero-order chi connectivity index (χ0) is 29.7.